The molecule has 0 fully saturated rings. The van der Waals surface area contributed by atoms with E-state index >= 15 is 0 Å². The number of carbonyl (C=O) groups excluding carboxylic acids is 4. The fourth-order valence-electron chi connectivity index (χ4n) is 22.3. The molecule has 9 heteroatoms. The molecule has 8 nitrogen and oxygen atoms in total. The first kappa shape index (κ1) is 128. The molecular formula is C120H236O8Sn. The zero-order chi connectivity index (χ0) is 94.3. The molecule has 0 atom stereocenters. The third-order valence-corrected chi connectivity index (χ3v) is 36.5. The average molecular weight is 1930 g/mol. The van der Waals surface area contributed by atoms with Gasteiger partial charge in [-0.15, -0.1) is 0 Å². The Morgan fingerprint density at radius 2 is 0.217 bits per heavy atom. The van der Waals surface area contributed by atoms with E-state index in [1.54, 1.807) is 0 Å². The van der Waals surface area contributed by atoms with Crippen LogP contribution in [0.15, 0.2) is 0 Å². The Hall–Kier alpha value is -1.32. The smallest absolute Gasteiger partial charge is 0.0654 e. The van der Waals surface area contributed by atoms with Crippen LogP contribution in [0.2, 0.25) is 0 Å². The van der Waals surface area contributed by atoms with Gasteiger partial charge < -0.3 is 0 Å². The van der Waals surface area contributed by atoms with Crippen LogP contribution in [0.25, 0.3) is 0 Å². The first-order valence-corrected chi connectivity index (χ1v) is 64.7. The molecule has 0 aliphatic rings. The van der Waals surface area contributed by atoms with Crippen LogP contribution in [0, 0.1) is 21.7 Å². The standard InChI is InChI=1S/4C30H60O2.Sn/c4*1-4-7-10-20-25-30(26-21-11-8-5-2,27-22-12-9-6-3)28-23-18-16-14-13-15-17-19-24-29(31)32;/h4*4-28H2,1-3H3,(H,31,32);/q;;;;+4/p-4. The molecule has 0 radical (unpaired) electrons. The molecule has 0 saturated heterocycles. The molecule has 0 aromatic rings. The monoisotopic (exact) mass is 1930 g/mol. The second-order valence-electron chi connectivity index (χ2n) is 43.4. The topological polar surface area (TPSA) is 105 Å². The summed E-state index contributed by atoms with van der Waals surface area (Å²) in [5.74, 6) is -2.36. The number of carbonyl (C=O) groups is 4. The van der Waals surface area contributed by atoms with Crippen molar-refractivity contribution in [1.29, 1.82) is 0 Å². The fourth-order valence-corrected chi connectivity index (χ4v) is 27.4. The van der Waals surface area contributed by atoms with Gasteiger partial charge in [0.05, 0.1) is 0 Å². The zero-order valence-corrected chi connectivity index (χ0v) is 93.3. The number of hydrogen-bond acceptors (Lipinski definition) is 8. The third-order valence-electron chi connectivity index (χ3n) is 31.0. The number of rotatable bonds is 108. The summed E-state index contributed by atoms with van der Waals surface area (Å²) in [6, 6.07) is 0. The summed E-state index contributed by atoms with van der Waals surface area (Å²) < 4.78 is 25.2. The molecule has 0 aliphatic carbocycles. The van der Waals surface area contributed by atoms with E-state index in [1.165, 1.54) is 514 Å². The first-order valence-electron chi connectivity index (χ1n) is 60.0. The molecule has 0 aliphatic heterocycles. The molecule has 0 bridgehead atoms. The van der Waals surface area contributed by atoms with Crippen LogP contribution in [0.5, 0.6) is 0 Å². The quantitative estimate of drug-likeness (QED) is 0.0438. The van der Waals surface area contributed by atoms with Gasteiger partial charge >= 0.3 is 332 Å². The van der Waals surface area contributed by atoms with E-state index in [0.717, 1.165) is 77.0 Å². The Morgan fingerprint density at radius 3 is 0.318 bits per heavy atom. The Balaban J connectivity index is 6.77. The predicted molar refractivity (Wildman–Crippen MR) is 570 cm³/mol. The van der Waals surface area contributed by atoms with Crippen molar-refractivity contribution in [3.8, 4) is 0 Å². The minimum atomic E-state index is -6.10. The van der Waals surface area contributed by atoms with Crippen molar-refractivity contribution >= 4 is 43.9 Å². The molecule has 0 aromatic heterocycles. The molecule has 0 aromatic carbocycles. The summed E-state index contributed by atoms with van der Waals surface area (Å²) in [6.07, 6.45) is 123. The molecule has 129 heavy (non-hydrogen) atoms. The molecular weight excluding hydrogens is 1690 g/mol. The van der Waals surface area contributed by atoms with Crippen LogP contribution >= 0.6 is 0 Å². The van der Waals surface area contributed by atoms with E-state index in [0.29, 0.717) is 47.3 Å². The van der Waals surface area contributed by atoms with Gasteiger partial charge in [-0.2, -0.15) is 0 Å². The fraction of sp³-hybridized carbons (Fsp3) is 0.967. The van der Waals surface area contributed by atoms with Gasteiger partial charge in [0.15, 0.2) is 0 Å². The van der Waals surface area contributed by atoms with E-state index in [2.05, 4.69) is 83.1 Å². The summed E-state index contributed by atoms with van der Waals surface area (Å²) in [6.45, 7) is 28.1. The summed E-state index contributed by atoms with van der Waals surface area (Å²) >= 11 is -6.10. The molecule has 0 N–H and O–H groups in total. The van der Waals surface area contributed by atoms with E-state index in [4.69, 9.17) is 12.3 Å². The van der Waals surface area contributed by atoms with Gasteiger partial charge in [0.25, 0.3) is 0 Å². The van der Waals surface area contributed by atoms with Gasteiger partial charge in [0.2, 0.25) is 0 Å². The van der Waals surface area contributed by atoms with Crippen molar-refractivity contribution in [3.63, 3.8) is 0 Å². The van der Waals surface area contributed by atoms with Crippen LogP contribution in [0.4, 0.5) is 0 Å². The van der Waals surface area contributed by atoms with Crippen LogP contribution in [0.1, 0.15) is 725 Å². The number of unbranched alkanes of at least 4 members (excludes halogenated alkanes) is 64. The minimum Gasteiger partial charge on any atom is -0.0654 e. The molecule has 0 unspecified atom stereocenters. The van der Waals surface area contributed by atoms with Gasteiger partial charge in [-0.25, -0.2) is 0 Å². The second kappa shape index (κ2) is 95.6. The summed E-state index contributed by atoms with van der Waals surface area (Å²) in [5.41, 5.74) is 2.08. The Bertz CT molecular complexity index is 1890. The van der Waals surface area contributed by atoms with Gasteiger partial charge in [0, 0.05) is 0 Å². The Labute approximate surface area is 816 Å². The van der Waals surface area contributed by atoms with Crippen LogP contribution in [-0.2, 0) is 31.5 Å². The summed E-state index contributed by atoms with van der Waals surface area (Å²) in [7, 11) is 0. The van der Waals surface area contributed by atoms with E-state index in [1.807, 2.05) is 0 Å². The predicted octanol–water partition coefficient (Wildman–Crippen LogP) is 42.8. The second-order valence-corrected chi connectivity index (χ2v) is 48.6. The zero-order valence-electron chi connectivity index (χ0n) is 90.5. The molecule has 0 saturated carbocycles. The van der Waals surface area contributed by atoms with Crippen molar-refractivity contribution in [2.24, 2.45) is 21.7 Å². The van der Waals surface area contributed by atoms with Crippen LogP contribution in [-0.4, -0.2) is 43.9 Å². The maximum atomic E-state index is 14.4. The van der Waals surface area contributed by atoms with Crippen molar-refractivity contribution < 1.29 is 31.5 Å². The summed E-state index contributed by atoms with van der Waals surface area (Å²) in [5, 5.41) is 0. The first-order chi connectivity index (χ1) is 63.1. The molecule has 0 amide bonds. The van der Waals surface area contributed by atoms with E-state index in [-0.39, 0.29) is 25.7 Å². The summed E-state index contributed by atoms with van der Waals surface area (Å²) in [4.78, 5) is 57.8. The van der Waals surface area contributed by atoms with Crippen molar-refractivity contribution in [1.82, 2.24) is 0 Å². The maximum absolute atomic E-state index is 14.4. The van der Waals surface area contributed by atoms with Gasteiger partial charge in [-0.1, -0.05) is 391 Å². The number of hydrogen-bond donors (Lipinski definition) is 0. The van der Waals surface area contributed by atoms with Crippen molar-refractivity contribution in [3.05, 3.63) is 0 Å². The van der Waals surface area contributed by atoms with Crippen LogP contribution in [0.3, 0.4) is 0 Å². The van der Waals surface area contributed by atoms with Crippen LogP contribution < -0.4 is 0 Å². The van der Waals surface area contributed by atoms with Gasteiger partial charge in [-0.3, -0.25) is 0 Å². The third kappa shape index (κ3) is 78.2. The van der Waals surface area contributed by atoms with Crippen molar-refractivity contribution in [2.75, 3.05) is 0 Å². The minimum absolute atomic E-state index is 0.0935. The molecule has 0 spiro atoms. The SMILES string of the molecule is CCCCCCC(CCCCCC)(CCCCCC)CCCCCCCCCCC(=O)[O][Sn]([O]C(=O)CCCCCCCCCCC(CCCCCC)(CCCCCC)CCCCCC)([O]C(=O)CCCCCCCCCCC(CCCCCC)(CCCCCC)CCCCCC)[O]C(=O)CCCCCCCCCCC(CCCCCC)(CCCCCC)CCCCCC. The van der Waals surface area contributed by atoms with E-state index in [9.17, 15) is 19.2 Å². The normalized spacial score (nSPS) is 12.3. The molecule has 768 valence electrons. The Morgan fingerprint density at radius 1 is 0.132 bits per heavy atom. The van der Waals surface area contributed by atoms with Gasteiger partial charge in [0.1, 0.15) is 0 Å². The average Bonchev–Trinajstić information content (AvgIpc) is 0.823. The molecule has 0 rings (SSSR count). The van der Waals surface area contributed by atoms with E-state index < -0.39 is 43.9 Å². The van der Waals surface area contributed by atoms with Gasteiger partial charge in [-0.05, 0) is 98.7 Å². The molecule has 0 heterocycles. The van der Waals surface area contributed by atoms with Crippen molar-refractivity contribution in [2.45, 2.75) is 725 Å². The Kier molecular flexibility index (Phi) is 94.6.